The molecule has 2 amide bonds. The maximum atomic E-state index is 13.2. The molecule has 2 atom stereocenters. The monoisotopic (exact) mass is 600 g/mol. The van der Waals surface area contributed by atoms with E-state index in [4.69, 9.17) is 32.9 Å². The third-order valence-corrected chi connectivity index (χ3v) is 7.20. The van der Waals surface area contributed by atoms with Crippen molar-refractivity contribution in [3.63, 3.8) is 0 Å². The van der Waals surface area contributed by atoms with Gasteiger partial charge in [-0.15, -0.1) is 0 Å². The summed E-state index contributed by atoms with van der Waals surface area (Å²) in [6, 6.07) is 6.64. The van der Waals surface area contributed by atoms with Crippen LogP contribution in [0.4, 0.5) is 0 Å². The minimum atomic E-state index is -1.48. The molecule has 0 aliphatic carbocycles. The van der Waals surface area contributed by atoms with Crippen LogP contribution in [-0.4, -0.2) is 70.6 Å². The molecule has 41 heavy (non-hydrogen) atoms. The number of halogens is 2. The van der Waals surface area contributed by atoms with Crippen molar-refractivity contribution in [1.82, 2.24) is 20.9 Å². The molecule has 5 N–H and O–H groups in total. The Kier molecular flexibility index (Phi) is 9.34. The van der Waals surface area contributed by atoms with Gasteiger partial charge in [0.25, 0.3) is 11.8 Å². The first-order valence-corrected chi connectivity index (χ1v) is 13.2. The van der Waals surface area contributed by atoms with Gasteiger partial charge in [-0.2, -0.15) is 5.26 Å². The van der Waals surface area contributed by atoms with E-state index in [1.807, 2.05) is 12.1 Å². The number of aliphatic hydroxyl groups excluding tert-OH is 1. The van der Waals surface area contributed by atoms with Gasteiger partial charge >= 0.3 is 5.97 Å². The molecule has 0 unspecified atom stereocenters. The number of carbonyl (C=O) groups is 3. The van der Waals surface area contributed by atoms with Crippen LogP contribution in [-0.2, 0) is 17.8 Å². The van der Waals surface area contributed by atoms with Crippen molar-refractivity contribution in [2.24, 2.45) is 4.99 Å². The third kappa shape index (κ3) is 6.71. The van der Waals surface area contributed by atoms with Gasteiger partial charge in [-0.3, -0.25) is 14.9 Å². The number of hydrogen-bond acceptors (Lipinski definition) is 7. The lowest BCUT2D eigenvalue weighted by Gasteiger charge is -2.30. The van der Waals surface area contributed by atoms with E-state index in [9.17, 15) is 24.6 Å². The summed E-state index contributed by atoms with van der Waals surface area (Å²) in [5.74, 6) is -2.45. The number of benzene rings is 2. The van der Waals surface area contributed by atoms with E-state index < -0.39 is 30.5 Å². The van der Waals surface area contributed by atoms with Gasteiger partial charge in [0, 0.05) is 30.1 Å². The number of aliphatic carboxylic acids is 1. The molecule has 214 valence electrons. The number of carboxylic acids is 1. The lowest BCUT2D eigenvalue weighted by atomic mass is 9.96. The number of fused-ring (bicyclic) bond motifs is 2. The normalized spacial score (nSPS) is 14.5. The number of nitriles is 1. The molecule has 0 bridgehead atoms. The second-order valence-electron chi connectivity index (χ2n) is 9.35. The highest BCUT2D eigenvalue weighted by Crippen LogP contribution is 2.35. The van der Waals surface area contributed by atoms with Crippen molar-refractivity contribution >= 4 is 57.9 Å². The Morgan fingerprint density at radius 2 is 2.00 bits per heavy atom. The highest BCUT2D eigenvalue weighted by Gasteiger charge is 2.29. The largest absolute Gasteiger partial charge is 0.480 e. The lowest BCUT2D eigenvalue weighted by molar-refractivity contribution is -0.138. The van der Waals surface area contributed by atoms with Crippen LogP contribution in [0.3, 0.4) is 0 Å². The number of aliphatic hydroxyl groups is 1. The fourth-order valence-electron chi connectivity index (χ4n) is 4.36. The molecule has 0 saturated heterocycles. The first-order chi connectivity index (χ1) is 19.6. The zero-order valence-corrected chi connectivity index (χ0v) is 23.3. The Labute approximate surface area is 244 Å². The molecular weight excluding hydrogens is 575 g/mol. The van der Waals surface area contributed by atoms with E-state index >= 15 is 0 Å². The van der Waals surface area contributed by atoms with Gasteiger partial charge in [-0.1, -0.05) is 29.3 Å². The highest BCUT2D eigenvalue weighted by molar-refractivity contribution is 6.40. The van der Waals surface area contributed by atoms with Crippen LogP contribution in [0.2, 0.25) is 10.0 Å². The van der Waals surface area contributed by atoms with E-state index in [0.29, 0.717) is 35.2 Å². The predicted molar refractivity (Wildman–Crippen MR) is 151 cm³/mol. The molecule has 14 heteroatoms. The van der Waals surface area contributed by atoms with Crippen LogP contribution in [0.5, 0.6) is 0 Å². The molecule has 2 heterocycles. The van der Waals surface area contributed by atoms with E-state index in [1.54, 1.807) is 42.5 Å². The summed E-state index contributed by atoms with van der Waals surface area (Å²) >= 11 is 13.1. The van der Waals surface area contributed by atoms with Crippen LogP contribution < -0.4 is 16.0 Å². The van der Waals surface area contributed by atoms with Gasteiger partial charge in [0.1, 0.15) is 11.6 Å². The summed E-state index contributed by atoms with van der Waals surface area (Å²) in [5, 5.41) is 36.0. The molecular formula is C27H26Cl2N6O6. The van der Waals surface area contributed by atoms with Gasteiger partial charge in [0.15, 0.2) is 6.19 Å². The minimum absolute atomic E-state index is 0.00420. The molecule has 1 aromatic heterocycles. The van der Waals surface area contributed by atoms with Crippen molar-refractivity contribution in [2.45, 2.75) is 32.0 Å². The van der Waals surface area contributed by atoms with E-state index in [1.165, 1.54) is 0 Å². The van der Waals surface area contributed by atoms with Gasteiger partial charge < -0.3 is 30.2 Å². The summed E-state index contributed by atoms with van der Waals surface area (Å²) in [6.07, 6.45) is 3.57. The average molecular weight is 601 g/mol. The lowest BCUT2D eigenvalue weighted by Crippen LogP contribution is -2.46. The number of furan rings is 1. The Hall–Kier alpha value is -4.31. The number of nitrogens with zero attached hydrogens (tertiary/aromatic N) is 3. The summed E-state index contributed by atoms with van der Waals surface area (Å²) in [7, 11) is 0. The number of carboxylic acid groups (broad SMARTS) is 1. The fourth-order valence-corrected chi connectivity index (χ4v) is 5.12. The van der Waals surface area contributed by atoms with E-state index in [2.05, 4.69) is 20.9 Å². The second-order valence-corrected chi connectivity index (χ2v) is 10.1. The Morgan fingerprint density at radius 3 is 2.71 bits per heavy atom. The van der Waals surface area contributed by atoms with Crippen LogP contribution >= 0.6 is 23.2 Å². The molecule has 3 aromatic rings. The van der Waals surface area contributed by atoms with Gasteiger partial charge in [0.05, 0.1) is 35.0 Å². The third-order valence-electron chi connectivity index (χ3n) is 6.49. The zero-order chi connectivity index (χ0) is 29.7. The van der Waals surface area contributed by atoms with Crippen LogP contribution in [0, 0.1) is 11.5 Å². The number of guanidine groups is 1. The van der Waals surface area contributed by atoms with Crippen molar-refractivity contribution in [3.8, 4) is 6.19 Å². The Bertz CT molecular complexity index is 1570. The average Bonchev–Trinajstić information content (AvgIpc) is 3.42. The van der Waals surface area contributed by atoms with Crippen LogP contribution in [0.15, 0.2) is 46.0 Å². The summed E-state index contributed by atoms with van der Waals surface area (Å²) in [6.45, 7) is 1.49. The summed E-state index contributed by atoms with van der Waals surface area (Å²) in [5.41, 5.74) is 2.30. The fraction of sp³-hybridized carbons (Fsp3) is 0.296. The highest BCUT2D eigenvalue weighted by atomic mass is 35.5. The SMILES string of the molecule is C[C@H](CO)NC(=NC[C@H](NC(=O)c1c(Cl)cc2c(c1Cl)CCN(C(=O)c1ccc3ccoc3c1)C2)C(=O)O)NC#N. The minimum Gasteiger partial charge on any atom is -0.480 e. The number of hydrogen-bond donors (Lipinski definition) is 5. The van der Waals surface area contributed by atoms with Crippen LogP contribution in [0.25, 0.3) is 11.0 Å². The molecule has 0 radical (unpaired) electrons. The number of carbonyl (C=O) groups excluding carboxylic acids is 2. The Balaban J connectivity index is 1.50. The first-order valence-electron chi connectivity index (χ1n) is 12.5. The van der Waals surface area contributed by atoms with Crippen molar-refractivity contribution < 1.29 is 29.0 Å². The molecule has 0 saturated carbocycles. The van der Waals surface area contributed by atoms with E-state index in [0.717, 1.165) is 5.39 Å². The summed E-state index contributed by atoms with van der Waals surface area (Å²) in [4.78, 5) is 43.8. The zero-order valence-electron chi connectivity index (χ0n) is 21.8. The smallest absolute Gasteiger partial charge is 0.328 e. The van der Waals surface area contributed by atoms with E-state index in [-0.39, 0.29) is 40.6 Å². The van der Waals surface area contributed by atoms with Crippen molar-refractivity contribution in [2.75, 3.05) is 19.7 Å². The standard InChI is InChI=1S/C27H26Cl2N6O6/c1-14(12-36)33-27(32-13-30)31-10-20(26(39)40)34-24(37)22-19(28)8-17-11-35(6-4-18(17)23(22)29)25(38)16-3-2-15-5-7-41-21(15)9-16/h2-3,5,7-9,14,20,36H,4,6,10-12H2,1H3,(H,34,37)(H,39,40)(H2,31,32,33)/t14-,20+/m1/s1. The van der Waals surface area contributed by atoms with Gasteiger partial charge in [-0.25, -0.2) is 9.79 Å². The summed E-state index contributed by atoms with van der Waals surface area (Å²) < 4.78 is 5.40. The molecule has 12 nitrogen and oxygen atoms in total. The first kappa shape index (κ1) is 29.7. The number of rotatable bonds is 8. The molecule has 1 aliphatic heterocycles. The van der Waals surface area contributed by atoms with Gasteiger partial charge in [0.2, 0.25) is 5.96 Å². The molecule has 4 rings (SSSR count). The molecule has 1 aliphatic rings. The van der Waals surface area contributed by atoms with Crippen LogP contribution in [0.1, 0.15) is 38.8 Å². The number of aliphatic imine (C=N–C) groups is 1. The molecule has 0 fully saturated rings. The number of amides is 2. The quantitative estimate of drug-likeness (QED) is 0.112. The van der Waals surface area contributed by atoms with Crippen molar-refractivity contribution in [3.05, 3.63) is 68.9 Å². The predicted octanol–water partition coefficient (Wildman–Crippen LogP) is 2.52. The molecule has 0 spiro atoms. The maximum Gasteiger partial charge on any atom is 0.328 e. The Morgan fingerprint density at radius 1 is 1.22 bits per heavy atom. The maximum absolute atomic E-state index is 13.2. The second kappa shape index (κ2) is 12.9. The molecule has 2 aromatic carbocycles. The van der Waals surface area contributed by atoms with Gasteiger partial charge in [-0.05, 0) is 48.7 Å². The van der Waals surface area contributed by atoms with Crippen molar-refractivity contribution in [1.29, 1.82) is 5.26 Å². The topological polar surface area (TPSA) is 180 Å². The number of nitrogens with one attached hydrogen (secondary N) is 3.